The van der Waals surface area contributed by atoms with Crippen molar-refractivity contribution < 1.29 is 8.42 Å². The van der Waals surface area contributed by atoms with E-state index in [0.717, 1.165) is 31.9 Å². The molecule has 2 saturated heterocycles. The Morgan fingerprint density at radius 3 is 2.93 bits per heavy atom. The molecule has 0 spiro atoms. The Balaban J connectivity index is 0.00000280. The molecule has 1 aromatic rings. The first-order valence-electron chi connectivity index (χ1n) is 9.37. The predicted octanol–water partition coefficient (Wildman–Crippen LogP) is 1.52. The van der Waals surface area contributed by atoms with E-state index in [1.54, 1.807) is 6.20 Å². The first kappa shape index (κ1) is 23.4. The fourth-order valence-corrected chi connectivity index (χ4v) is 5.17. The molecule has 158 valence electrons. The van der Waals surface area contributed by atoms with Crippen LogP contribution in [0.3, 0.4) is 0 Å². The monoisotopic (exact) mass is 542 g/mol. The second kappa shape index (κ2) is 10.8. The zero-order valence-corrected chi connectivity index (χ0v) is 19.9. The van der Waals surface area contributed by atoms with E-state index in [9.17, 15) is 8.42 Å². The Labute approximate surface area is 189 Å². The van der Waals surface area contributed by atoms with Gasteiger partial charge >= 0.3 is 0 Å². The summed E-state index contributed by atoms with van der Waals surface area (Å²) in [5.41, 5.74) is 0. The SMILES string of the molecule is CCNC(=NCCN1CCCS1(=O)=O)NC1CCN(c2ncccc2Cl)C1.I. The number of sulfonamides is 1. The lowest BCUT2D eigenvalue weighted by atomic mass is 10.3. The van der Waals surface area contributed by atoms with Crippen LogP contribution in [0.25, 0.3) is 0 Å². The van der Waals surface area contributed by atoms with Gasteiger partial charge in [-0.25, -0.2) is 17.7 Å². The topological polar surface area (TPSA) is 89.9 Å². The molecule has 0 amide bonds. The van der Waals surface area contributed by atoms with Gasteiger partial charge in [0.05, 0.1) is 17.3 Å². The zero-order chi connectivity index (χ0) is 19.3. The number of guanidine groups is 1. The highest BCUT2D eigenvalue weighted by Gasteiger charge is 2.28. The summed E-state index contributed by atoms with van der Waals surface area (Å²) < 4.78 is 25.3. The molecule has 2 fully saturated rings. The maximum absolute atomic E-state index is 11.9. The summed E-state index contributed by atoms with van der Waals surface area (Å²) in [4.78, 5) is 11.1. The summed E-state index contributed by atoms with van der Waals surface area (Å²) in [5, 5.41) is 7.33. The smallest absolute Gasteiger partial charge is 0.214 e. The molecule has 0 radical (unpaired) electrons. The van der Waals surface area contributed by atoms with E-state index in [2.05, 4.69) is 25.5 Å². The number of hydrogen-bond donors (Lipinski definition) is 2. The largest absolute Gasteiger partial charge is 0.357 e. The third-order valence-corrected chi connectivity index (χ3v) is 6.99. The number of pyridine rings is 1. The highest BCUT2D eigenvalue weighted by atomic mass is 127. The number of nitrogens with zero attached hydrogens (tertiary/aromatic N) is 4. The molecule has 2 aliphatic rings. The predicted molar refractivity (Wildman–Crippen MR) is 124 cm³/mol. The maximum Gasteiger partial charge on any atom is 0.214 e. The van der Waals surface area contributed by atoms with E-state index in [1.807, 2.05) is 19.1 Å². The molecule has 3 rings (SSSR count). The van der Waals surface area contributed by atoms with Gasteiger partial charge in [0, 0.05) is 45.0 Å². The number of halogens is 2. The summed E-state index contributed by atoms with van der Waals surface area (Å²) in [6.07, 6.45) is 3.41. The number of rotatable bonds is 6. The lowest BCUT2D eigenvalue weighted by molar-refractivity contribution is 0.451. The Morgan fingerprint density at radius 2 is 2.25 bits per heavy atom. The molecule has 0 aliphatic carbocycles. The summed E-state index contributed by atoms with van der Waals surface area (Å²) in [6, 6.07) is 3.91. The van der Waals surface area contributed by atoms with Crippen LogP contribution >= 0.6 is 35.6 Å². The molecular formula is C17H28ClIN6O2S. The fraction of sp³-hybridized carbons (Fsp3) is 0.647. The summed E-state index contributed by atoms with van der Waals surface area (Å²) >= 11 is 6.25. The number of nitrogens with one attached hydrogen (secondary N) is 2. The van der Waals surface area contributed by atoms with E-state index in [-0.39, 0.29) is 35.8 Å². The van der Waals surface area contributed by atoms with Crippen molar-refractivity contribution in [1.82, 2.24) is 19.9 Å². The minimum Gasteiger partial charge on any atom is -0.357 e. The molecule has 1 atom stereocenters. The van der Waals surface area contributed by atoms with Crippen molar-refractivity contribution in [1.29, 1.82) is 0 Å². The molecule has 2 N–H and O–H groups in total. The Kier molecular flexibility index (Phi) is 9.03. The van der Waals surface area contributed by atoms with Crippen molar-refractivity contribution in [3.63, 3.8) is 0 Å². The molecule has 1 aromatic heterocycles. The summed E-state index contributed by atoms with van der Waals surface area (Å²) in [5.74, 6) is 1.78. The van der Waals surface area contributed by atoms with Crippen molar-refractivity contribution >= 4 is 57.4 Å². The third-order valence-electron chi connectivity index (χ3n) is 4.73. The molecule has 8 nitrogen and oxygen atoms in total. The van der Waals surface area contributed by atoms with Crippen LogP contribution in [0.2, 0.25) is 5.02 Å². The highest BCUT2D eigenvalue weighted by molar-refractivity contribution is 14.0. The molecule has 0 aromatic carbocycles. The van der Waals surface area contributed by atoms with Crippen LogP contribution in [0.15, 0.2) is 23.3 Å². The quantitative estimate of drug-likeness (QED) is 0.322. The van der Waals surface area contributed by atoms with Gasteiger partial charge < -0.3 is 15.5 Å². The number of anilines is 1. The van der Waals surface area contributed by atoms with E-state index >= 15 is 0 Å². The Hall–Kier alpha value is -0.850. The fourth-order valence-electron chi connectivity index (χ4n) is 3.41. The van der Waals surface area contributed by atoms with Crippen LogP contribution in [-0.2, 0) is 10.0 Å². The minimum atomic E-state index is -3.06. The third kappa shape index (κ3) is 6.07. The lowest BCUT2D eigenvalue weighted by Crippen LogP contribution is -2.45. The molecular weight excluding hydrogens is 515 g/mol. The van der Waals surface area contributed by atoms with Crippen molar-refractivity contribution in [2.45, 2.75) is 25.8 Å². The highest BCUT2D eigenvalue weighted by Crippen LogP contribution is 2.25. The number of aliphatic imine (C=N–C) groups is 1. The van der Waals surface area contributed by atoms with E-state index in [4.69, 9.17) is 11.6 Å². The van der Waals surface area contributed by atoms with Gasteiger partial charge in [0.1, 0.15) is 5.82 Å². The zero-order valence-electron chi connectivity index (χ0n) is 16.0. The van der Waals surface area contributed by atoms with Crippen LogP contribution in [0.4, 0.5) is 5.82 Å². The van der Waals surface area contributed by atoms with Crippen LogP contribution in [0, 0.1) is 0 Å². The minimum absolute atomic E-state index is 0. The van der Waals surface area contributed by atoms with Crippen molar-refractivity contribution in [2.24, 2.45) is 4.99 Å². The normalized spacial score (nSPS) is 22.1. The van der Waals surface area contributed by atoms with Crippen LogP contribution < -0.4 is 15.5 Å². The average molecular weight is 543 g/mol. The molecule has 2 aliphatic heterocycles. The van der Waals surface area contributed by atoms with Crippen molar-refractivity contribution in [3.05, 3.63) is 23.4 Å². The molecule has 0 saturated carbocycles. The first-order chi connectivity index (χ1) is 13.0. The summed E-state index contributed by atoms with van der Waals surface area (Å²) in [6.45, 7) is 5.90. The van der Waals surface area contributed by atoms with Crippen LogP contribution in [0.1, 0.15) is 19.8 Å². The molecule has 11 heteroatoms. The Morgan fingerprint density at radius 1 is 1.43 bits per heavy atom. The standard InChI is InChI=1S/C17H27ClN6O2S.HI/c1-2-19-17(21-8-11-24-9-4-12-27(24,25)26)22-14-6-10-23(13-14)16-15(18)5-3-7-20-16;/h3,5,7,14H,2,4,6,8-13H2,1H3,(H2,19,21,22);1H. The molecule has 1 unspecified atom stereocenters. The van der Waals surface area contributed by atoms with E-state index in [1.165, 1.54) is 4.31 Å². The Bertz CT molecular complexity index is 779. The van der Waals surface area contributed by atoms with Crippen molar-refractivity contribution in [2.75, 3.05) is 49.9 Å². The van der Waals surface area contributed by atoms with Gasteiger partial charge in [-0.1, -0.05) is 11.6 Å². The van der Waals surface area contributed by atoms with Gasteiger partial charge in [0.25, 0.3) is 0 Å². The van der Waals surface area contributed by atoms with Gasteiger partial charge in [-0.05, 0) is 31.9 Å². The lowest BCUT2D eigenvalue weighted by Gasteiger charge is -2.20. The van der Waals surface area contributed by atoms with E-state index in [0.29, 0.717) is 37.0 Å². The molecule has 0 bridgehead atoms. The van der Waals surface area contributed by atoms with E-state index < -0.39 is 10.0 Å². The number of aromatic nitrogens is 1. The van der Waals surface area contributed by atoms with Gasteiger partial charge in [-0.15, -0.1) is 24.0 Å². The molecule has 28 heavy (non-hydrogen) atoms. The number of hydrogen-bond acceptors (Lipinski definition) is 5. The van der Waals surface area contributed by atoms with Gasteiger partial charge in [0.15, 0.2) is 5.96 Å². The summed E-state index contributed by atoms with van der Waals surface area (Å²) in [7, 11) is -3.06. The van der Waals surface area contributed by atoms with Gasteiger partial charge in [-0.3, -0.25) is 4.99 Å². The second-order valence-corrected chi connectivity index (χ2v) is 9.21. The van der Waals surface area contributed by atoms with Crippen LogP contribution in [0.5, 0.6) is 0 Å². The van der Waals surface area contributed by atoms with Crippen LogP contribution in [-0.4, -0.2) is 74.7 Å². The average Bonchev–Trinajstić information content (AvgIpc) is 3.22. The maximum atomic E-state index is 11.9. The van der Waals surface area contributed by atoms with Crippen molar-refractivity contribution in [3.8, 4) is 0 Å². The molecule has 3 heterocycles. The first-order valence-corrected chi connectivity index (χ1v) is 11.4. The van der Waals surface area contributed by atoms with Gasteiger partial charge in [-0.2, -0.15) is 0 Å². The van der Waals surface area contributed by atoms with Gasteiger partial charge in [0.2, 0.25) is 10.0 Å². The second-order valence-electron chi connectivity index (χ2n) is 6.71.